The lowest BCUT2D eigenvalue weighted by Gasteiger charge is -2.32. The first kappa shape index (κ1) is 15.5. The summed E-state index contributed by atoms with van der Waals surface area (Å²) < 4.78 is 0. The quantitative estimate of drug-likeness (QED) is 0.772. The van der Waals surface area contributed by atoms with E-state index >= 15 is 0 Å². The van der Waals surface area contributed by atoms with Crippen LogP contribution in [-0.2, 0) is 6.54 Å². The molecule has 1 aliphatic carbocycles. The van der Waals surface area contributed by atoms with Gasteiger partial charge >= 0.3 is 0 Å². The van der Waals surface area contributed by atoms with E-state index in [4.69, 9.17) is 0 Å². The summed E-state index contributed by atoms with van der Waals surface area (Å²) in [4.78, 5) is 0. The molecule has 112 valence electrons. The van der Waals surface area contributed by atoms with Gasteiger partial charge in [0.1, 0.15) is 0 Å². The Bertz CT molecular complexity index is 378. The fourth-order valence-corrected chi connectivity index (χ4v) is 3.45. The number of hydrogen-bond acceptors (Lipinski definition) is 2. The molecule has 2 nitrogen and oxygen atoms in total. The highest BCUT2D eigenvalue weighted by Gasteiger charge is 2.31. The molecule has 0 amide bonds. The summed E-state index contributed by atoms with van der Waals surface area (Å²) in [5.74, 6) is 0.868. The molecule has 1 fully saturated rings. The van der Waals surface area contributed by atoms with Crippen LogP contribution in [0.3, 0.4) is 0 Å². The van der Waals surface area contributed by atoms with E-state index in [1.54, 1.807) is 0 Å². The Morgan fingerprint density at radius 2 is 2.00 bits per heavy atom. The van der Waals surface area contributed by atoms with Crippen molar-refractivity contribution in [2.24, 2.45) is 5.92 Å². The zero-order valence-corrected chi connectivity index (χ0v) is 12.8. The molecule has 2 rings (SSSR count). The van der Waals surface area contributed by atoms with E-state index < -0.39 is 0 Å². The van der Waals surface area contributed by atoms with Crippen LogP contribution < -0.4 is 5.32 Å². The van der Waals surface area contributed by atoms with Gasteiger partial charge in [-0.15, -0.1) is 0 Å². The third-order valence-corrected chi connectivity index (χ3v) is 4.81. The number of aliphatic hydroxyl groups excluding tert-OH is 1. The summed E-state index contributed by atoms with van der Waals surface area (Å²) in [6, 6.07) is 10.5. The van der Waals surface area contributed by atoms with Crippen molar-refractivity contribution in [3.8, 4) is 0 Å². The molecular weight excluding hydrogens is 246 g/mol. The maximum atomic E-state index is 9.90. The first-order valence-corrected chi connectivity index (χ1v) is 8.18. The van der Waals surface area contributed by atoms with E-state index in [1.165, 1.54) is 37.7 Å². The smallest absolute Gasteiger partial charge is 0.0613 e. The van der Waals surface area contributed by atoms with E-state index in [0.29, 0.717) is 0 Å². The highest BCUT2D eigenvalue weighted by atomic mass is 16.3. The maximum Gasteiger partial charge on any atom is 0.0613 e. The van der Waals surface area contributed by atoms with Gasteiger partial charge in [-0.3, -0.25) is 0 Å². The molecule has 0 saturated heterocycles. The Morgan fingerprint density at radius 3 is 2.70 bits per heavy atom. The van der Waals surface area contributed by atoms with Crippen LogP contribution in [-0.4, -0.2) is 17.3 Å². The molecule has 2 atom stereocenters. The first-order valence-electron chi connectivity index (χ1n) is 8.18. The average Bonchev–Trinajstić information content (AvgIpc) is 2.70. The van der Waals surface area contributed by atoms with E-state index in [-0.39, 0.29) is 12.1 Å². The molecule has 1 aromatic carbocycles. The summed E-state index contributed by atoms with van der Waals surface area (Å²) in [5, 5.41) is 13.6. The Labute approximate surface area is 123 Å². The second-order valence-electron chi connectivity index (χ2n) is 6.36. The SMILES string of the molecule is CCCC1CCCC(CO)(NCc2ccccc2)CC1. The monoisotopic (exact) mass is 275 g/mol. The standard InChI is InChI=1S/C18H29NO/c1-2-7-16-10-6-12-18(15-20,13-11-16)19-14-17-8-4-3-5-9-17/h3-5,8-9,16,19-20H,2,6-7,10-15H2,1H3. The normalized spacial score (nSPS) is 27.2. The molecule has 0 radical (unpaired) electrons. The van der Waals surface area contributed by atoms with Crippen LogP contribution in [0.5, 0.6) is 0 Å². The van der Waals surface area contributed by atoms with Gasteiger partial charge in [0, 0.05) is 12.1 Å². The molecule has 2 N–H and O–H groups in total. The molecule has 2 heteroatoms. The summed E-state index contributed by atoms with van der Waals surface area (Å²) >= 11 is 0. The van der Waals surface area contributed by atoms with Crippen molar-refractivity contribution in [3.05, 3.63) is 35.9 Å². The average molecular weight is 275 g/mol. The van der Waals surface area contributed by atoms with Gasteiger partial charge in [-0.25, -0.2) is 0 Å². The lowest BCUT2D eigenvalue weighted by atomic mass is 9.89. The number of nitrogens with one attached hydrogen (secondary N) is 1. The van der Waals surface area contributed by atoms with Crippen molar-refractivity contribution in [3.63, 3.8) is 0 Å². The molecule has 0 spiro atoms. The number of benzene rings is 1. The predicted octanol–water partition coefficient (Wildman–Crippen LogP) is 3.89. The number of rotatable bonds is 6. The molecule has 0 heterocycles. The Kier molecular flexibility index (Phi) is 6.06. The van der Waals surface area contributed by atoms with Gasteiger partial charge in [0.15, 0.2) is 0 Å². The summed E-state index contributed by atoms with van der Waals surface area (Å²) in [5.41, 5.74) is 1.24. The van der Waals surface area contributed by atoms with E-state index in [1.807, 2.05) is 6.07 Å². The molecule has 20 heavy (non-hydrogen) atoms. The molecule has 1 saturated carbocycles. The van der Waals surface area contributed by atoms with Crippen LogP contribution in [0.15, 0.2) is 30.3 Å². The van der Waals surface area contributed by atoms with Gasteiger partial charge in [0.2, 0.25) is 0 Å². The minimum absolute atomic E-state index is 0.0572. The van der Waals surface area contributed by atoms with Gasteiger partial charge in [-0.2, -0.15) is 0 Å². The highest BCUT2D eigenvalue weighted by Crippen LogP contribution is 2.32. The topological polar surface area (TPSA) is 32.3 Å². The van der Waals surface area contributed by atoms with Crippen LogP contribution in [0.2, 0.25) is 0 Å². The van der Waals surface area contributed by atoms with Crippen LogP contribution in [0, 0.1) is 5.92 Å². The second-order valence-corrected chi connectivity index (χ2v) is 6.36. The molecule has 2 unspecified atom stereocenters. The molecule has 1 aromatic rings. The van der Waals surface area contributed by atoms with Gasteiger partial charge in [0.25, 0.3) is 0 Å². The van der Waals surface area contributed by atoms with Gasteiger partial charge in [-0.1, -0.05) is 62.9 Å². The summed E-state index contributed by atoms with van der Waals surface area (Å²) in [6.45, 7) is 3.40. The fraction of sp³-hybridized carbons (Fsp3) is 0.667. The Hall–Kier alpha value is -0.860. The zero-order chi connectivity index (χ0) is 14.3. The maximum absolute atomic E-state index is 9.90. The molecule has 0 bridgehead atoms. The minimum atomic E-state index is -0.0572. The van der Waals surface area contributed by atoms with Crippen LogP contribution >= 0.6 is 0 Å². The first-order chi connectivity index (χ1) is 9.78. The van der Waals surface area contributed by atoms with E-state index in [0.717, 1.165) is 25.3 Å². The lowest BCUT2D eigenvalue weighted by molar-refractivity contribution is 0.141. The molecular formula is C18H29NO. The molecule has 0 aliphatic heterocycles. The van der Waals surface area contributed by atoms with Gasteiger partial charge < -0.3 is 10.4 Å². The number of hydrogen-bond donors (Lipinski definition) is 2. The zero-order valence-electron chi connectivity index (χ0n) is 12.8. The Balaban J connectivity index is 1.92. The van der Waals surface area contributed by atoms with Crippen molar-refractivity contribution in [2.45, 2.75) is 64.0 Å². The number of aliphatic hydroxyl groups is 1. The fourth-order valence-electron chi connectivity index (χ4n) is 3.45. The predicted molar refractivity (Wildman–Crippen MR) is 84.6 cm³/mol. The largest absolute Gasteiger partial charge is 0.394 e. The van der Waals surface area contributed by atoms with Crippen LogP contribution in [0.25, 0.3) is 0 Å². The second kappa shape index (κ2) is 7.80. The Morgan fingerprint density at radius 1 is 1.20 bits per heavy atom. The minimum Gasteiger partial charge on any atom is -0.394 e. The van der Waals surface area contributed by atoms with Crippen LogP contribution in [0.1, 0.15) is 57.4 Å². The summed E-state index contributed by atoms with van der Waals surface area (Å²) in [7, 11) is 0. The van der Waals surface area contributed by atoms with Crippen LogP contribution in [0.4, 0.5) is 0 Å². The summed E-state index contributed by atoms with van der Waals surface area (Å²) in [6.07, 6.45) is 8.69. The van der Waals surface area contributed by atoms with Crippen molar-refractivity contribution < 1.29 is 5.11 Å². The molecule has 0 aromatic heterocycles. The van der Waals surface area contributed by atoms with Crippen molar-refractivity contribution in [1.82, 2.24) is 5.32 Å². The van der Waals surface area contributed by atoms with Gasteiger partial charge in [-0.05, 0) is 30.7 Å². The lowest BCUT2D eigenvalue weighted by Crippen LogP contribution is -2.47. The van der Waals surface area contributed by atoms with E-state index in [2.05, 4.69) is 36.5 Å². The van der Waals surface area contributed by atoms with Crippen molar-refractivity contribution in [1.29, 1.82) is 0 Å². The third-order valence-electron chi connectivity index (χ3n) is 4.81. The highest BCUT2D eigenvalue weighted by molar-refractivity contribution is 5.14. The molecule has 1 aliphatic rings. The van der Waals surface area contributed by atoms with Gasteiger partial charge in [0.05, 0.1) is 6.61 Å². The van der Waals surface area contributed by atoms with Crippen molar-refractivity contribution in [2.75, 3.05) is 6.61 Å². The van der Waals surface area contributed by atoms with Crippen molar-refractivity contribution >= 4 is 0 Å². The third kappa shape index (κ3) is 4.32. The van der Waals surface area contributed by atoms with E-state index in [9.17, 15) is 5.11 Å².